The molecule has 0 saturated heterocycles. The van der Waals surface area contributed by atoms with Crippen LogP contribution in [0, 0.1) is 19.8 Å². The first kappa shape index (κ1) is 30.2. The number of amides is 2. The summed E-state index contributed by atoms with van der Waals surface area (Å²) in [5.74, 6) is -0.559. The average Bonchev–Trinajstić information content (AvgIpc) is 2.90. The van der Waals surface area contributed by atoms with Crippen LogP contribution in [-0.4, -0.2) is 44.3 Å². The number of halogens is 1. The lowest BCUT2D eigenvalue weighted by Gasteiger charge is -2.32. The molecule has 1 atom stereocenters. The van der Waals surface area contributed by atoms with Gasteiger partial charge in [0.1, 0.15) is 12.6 Å². The van der Waals surface area contributed by atoms with E-state index in [1.807, 2.05) is 52.0 Å². The second kappa shape index (κ2) is 13.1. The molecule has 0 aliphatic carbocycles. The predicted molar refractivity (Wildman–Crippen MR) is 156 cm³/mol. The van der Waals surface area contributed by atoms with Gasteiger partial charge in [-0.25, -0.2) is 8.42 Å². The zero-order valence-corrected chi connectivity index (χ0v) is 24.6. The number of rotatable bonds is 11. The number of hydrogen-bond donors (Lipinski definition) is 1. The van der Waals surface area contributed by atoms with E-state index in [0.717, 1.165) is 21.0 Å². The van der Waals surface area contributed by atoms with Gasteiger partial charge >= 0.3 is 0 Å². The number of nitrogens with one attached hydrogen (secondary N) is 1. The zero-order valence-electron chi connectivity index (χ0n) is 23.0. The minimum absolute atomic E-state index is 0.00749. The molecule has 2 amide bonds. The number of nitrogens with zero attached hydrogens (tertiary/aromatic N) is 2. The van der Waals surface area contributed by atoms with E-state index in [1.165, 1.54) is 29.2 Å². The molecule has 3 aromatic carbocycles. The molecule has 7 nitrogen and oxygen atoms in total. The minimum Gasteiger partial charge on any atom is -0.354 e. The maximum Gasteiger partial charge on any atom is 0.264 e. The fourth-order valence-corrected chi connectivity index (χ4v) is 5.44. The molecule has 0 aliphatic rings. The average molecular weight is 570 g/mol. The number of hydrogen-bond acceptors (Lipinski definition) is 4. The van der Waals surface area contributed by atoms with Crippen molar-refractivity contribution in [2.45, 2.75) is 52.1 Å². The van der Waals surface area contributed by atoms with Crippen LogP contribution in [0.5, 0.6) is 0 Å². The number of carbonyl (C=O) groups is 2. The van der Waals surface area contributed by atoms with Gasteiger partial charge in [0.15, 0.2) is 0 Å². The first-order valence-electron chi connectivity index (χ1n) is 12.9. The Morgan fingerprint density at radius 3 is 1.92 bits per heavy atom. The lowest BCUT2D eigenvalue weighted by molar-refractivity contribution is -0.139. The first-order chi connectivity index (χ1) is 18.4. The van der Waals surface area contributed by atoms with Gasteiger partial charge in [0, 0.05) is 18.1 Å². The molecule has 0 radical (unpaired) electrons. The van der Waals surface area contributed by atoms with Crippen molar-refractivity contribution in [2.24, 2.45) is 5.92 Å². The molecule has 3 rings (SSSR count). The third-order valence-electron chi connectivity index (χ3n) is 6.33. The van der Waals surface area contributed by atoms with Gasteiger partial charge in [-0.1, -0.05) is 73.0 Å². The topological polar surface area (TPSA) is 86.8 Å². The van der Waals surface area contributed by atoms with Crippen molar-refractivity contribution in [1.29, 1.82) is 0 Å². The quantitative estimate of drug-likeness (QED) is 0.338. The monoisotopic (exact) mass is 569 g/mol. The Labute approximate surface area is 236 Å². The summed E-state index contributed by atoms with van der Waals surface area (Å²) in [5.41, 5.74) is 3.19. The molecule has 0 saturated carbocycles. The van der Waals surface area contributed by atoms with Crippen molar-refractivity contribution in [3.63, 3.8) is 0 Å². The first-order valence-corrected chi connectivity index (χ1v) is 14.7. The van der Waals surface area contributed by atoms with Crippen LogP contribution in [0.2, 0.25) is 5.02 Å². The smallest absolute Gasteiger partial charge is 0.264 e. The van der Waals surface area contributed by atoms with Gasteiger partial charge in [0.05, 0.1) is 10.6 Å². The SMILES string of the molecule is Cc1ccc(CN(C(=O)CN(c2ccc(C)cc2)S(=O)(=O)c2ccc(Cl)cc2)[C@H](C)C(=O)NCC(C)C)cc1. The van der Waals surface area contributed by atoms with E-state index in [1.54, 1.807) is 31.2 Å². The Hall–Kier alpha value is -3.36. The summed E-state index contributed by atoms with van der Waals surface area (Å²) in [6, 6.07) is 19.6. The van der Waals surface area contributed by atoms with Crippen LogP contribution in [0.4, 0.5) is 5.69 Å². The van der Waals surface area contributed by atoms with Crippen molar-refractivity contribution in [3.8, 4) is 0 Å². The van der Waals surface area contributed by atoms with Crippen molar-refractivity contribution in [2.75, 3.05) is 17.4 Å². The number of carbonyl (C=O) groups excluding carboxylic acids is 2. The molecule has 0 bridgehead atoms. The Kier molecular flexibility index (Phi) is 10.2. The van der Waals surface area contributed by atoms with Crippen LogP contribution in [0.25, 0.3) is 0 Å². The Morgan fingerprint density at radius 1 is 0.846 bits per heavy atom. The molecule has 1 N–H and O–H groups in total. The van der Waals surface area contributed by atoms with E-state index in [-0.39, 0.29) is 23.3 Å². The second-order valence-corrected chi connectivity index (χ2v) is 12.4. The molecule has 0 spiro atoms. The van der Waals surface area contributed by atoms with E-state index in [9.17, 15) is 18.0 Å². The van der Waals surface area contributed by atoms with Crippen LogP contribution in [0.15, 0.2) is 77.7 Å². The molecule has 3 aromatic rings. The second-order valence-electron chi connectivity index (χ2n) is 10.1. The van der Waals surface area contributed by atoms with Gasteiger partial charge in [0.25, 0.3) is 10.0 Å². The van der Waals surface area contributed by atoms with Crippen LogP contribution >= 0.6 is 11.6 Å². The highest BCUT2D eigenvalue weighted by Crippen LogP contribution is 2.26. The lowest BCUT2D eigenvalue weighted by Crippen LogP contribution is -2.51. The fourth-order valence-electron chi connectivity index (χ4n) is 3.90. The van der Waals surface area contributed by atoms with Crippen molar-refractivity contribution in [3.05, 3.63) is 94.5 Å². The maximum atomic E-state index is 13.9. The predicted octanol–water partition coefficient (Wildman–Crippen LogP) is 5.34. The highest BCUT2D eigenvalue weighted by atomic mass is 35.5. The van der Waals surface area contributed by atoms with E-state index >= 15 is 0 Å². The maximum absolute atomic E-state index is 13.9. The highest BCUT2D eigenvalue weighted by Gasteiger charge is 2.32. The van der Waals surface area contributed by atoms with Gasteiger partial charge in [-0.05, 0) is 68.7 Å². The van der Waals surface area contributed by atoms with E-state index in [4.69, 9.17) is 11.6 Å². The highest BCUT2D eigenvalue weighted by molar-refractivity contribution is 7.92. The molecule has 0 fully saturated rings. The number of aryl methyl sites for hydroxylation is 2. The molecule has 0 unspecified atom stereocenters. The lowest BCUT2D eigenvalue weighted by atomic mass is 10.1. The number of sulfonamides is 1. The van der Waals surface area contributed by atoms with Gasteiger partial charge in [-0.15, -0.1) is 0 Å². The largest absolute Gasteiger partial charge is 0.354 e. The summed E-state index contributed by atoms with van der Waals surface area (Å²) in [5, 5.41) is 3.29. The molecule has 208 valence electrons. The van der Waals surface area contributed by atoms with E-state index in [2.05, 4.69) is 5.32 Å². The Balaban J connectivity index is 2.00. The molecule has 0 aliphatic heterocycles. The summed E-state index contributed by atoms with van der Waals surface area (Å²) in [6.45, 7) is 9.63. The number of benzene rings is 3. The van der Waals surface area contributed by atoms with E-state index < -0.39 is 28.5 Å². The molecule has 0 aromatic heterocycles. The van der Waals surface area contributed by atoms with Crippen LogP contribution in [0.3, 0.4) is 0 Å². The van der Waals surface area contributed by atoms with Crippen LogP contribution < -0.4 is 9.62 Å². The van der Waals surface area contributed by atoms with Crippen LogP contribution in [0.1, 0.15) is 37.5 Å². The third-order valence-corrected chi connectivity index (χ3v) is 8.37. The summed E-state index contributed by atoms with van der Waals surface area (Å²) in [6.07, 6.45) is 0. The third kappa shape index (κ3) is 8.07. The summed E-state index contributed by atoms with van der Waals surface area (Å²) in [4.78, 5) is 28.4. The molecule has 9 heteroatoms. The summed E-state index contributed by atoms with van der Waals surface area (Å²) in [7, 11) is -4.13. The Morgan fingerprint density at radius 2 is 1.38 bits per heavy atom. The van der Waals surface area contributed by atoms with Crippen LogP contribution in [-0.2, 0) is 26.2 Å². The van der Waals surface area contributed by atoms with Gasteiger partial charge in [-0.3, -0.25) is 13.9 Å². The van der Waals surface area contributed by atoms with Crippen molar-refractivity contribution >= 4 is 39.1 Å². The van der Waals surface area contributed by atoms with E-state index in [0.29, 0.717) is 17.3 Å². The fraction of sp³-hybridized carbons (Fsp3) is 0.333. The Bertz CT molecular complexity index is 1370. The number of anilines is 1. The van der Waals surface area contributed by atoms with Gasteiger partial charge in [0.2, 0.25) is 11.8 Å². The van der Waals surface area contributed by atoms with Crippen molar-refractivity contribution < 1.29 is 18.0 Å². The standard InChI is InChI=1S/C30H36ClN3O4S/c1-21(2)18-32-30(36)24(5)33(19-25-10-6-22(3)7-11-25)29(35)20-34(27-14-8-23(4)9-15-27)39(37,38)28-16-12-26(31)13-17-28/h6-17,21,24H,18-20H2,1-5H3,(H,32,36)/t24-/m1/s1. The molecular formula is C30H36ClN3O4S. The normalized spacial score (nSPS) is 12.2. The zero-order chi connectivity index (χ0) is 28.7. The summed E-state index contributed by atoms with van der Waals surface area (Å²) >= 11 is 5.99. The molecule has 39 heavy (non-hydrogen) atoms. The minimum atomic E-state index is -4.13. The van der Waals surface area contributed by atoms with Crippen molar-refractivity contribution in [1.82, 2.24) is 10.2 Å². The van der Waals surface area contributed by atoms with Gasteiger partial charge in [-0.2, -0.15) is 0 Å². The van der Waals surface area contributed by atoms with Gasteiger partial charge < -0.3 is 10.2 Å². The summed E-state index contributed by atoms with van der Waals surface area (Å²) < 4.78 is 28.7. The molecular weight excluding hydrogens is 534 g/mol. The molecule has 0 heterocycles.